The van der Waals surface area contributed by atoms with Crippen molar-refractivity contribution in [3.63, 3.8) is 0 Å². The Morgan fingerprint density at radius 1 is 0.500 bits per heavy atom. The summed E-state index contributed by atoms with van der Waals surface area (Å²) in [5.74, 6) is 0.591. The summed E-state index contributed by atoms with van der Waals surface area (Å²) in [4.78, 5) is 2.61. The van der Waals surface area contributed by atoms with E-state index in [0.717, 1.165) is 0 Å². The predicted octanol–water partition coefficient (Wildman–Crippen LogP) is 15.7. The normalized spacial score (nSPS) is 16.7. The molecule has 1 saturated carbocycles. The van der Waals surface area contributed by atoms with Crippen molar-refractivity contribution in [3.05, 3.63) is 198 Å². The van der Waals surface area contributed by atoms with Crippen LogP contribution in [0.3, 0.4) is 0 Å². The monoisotopic (exact) mass is 737 g/mol. The van der Waals surface area contributed by atoms with E-state index in [2.05, 4.69) is 188 Å². The smallest absolute Gasteiger partial charge is 0.0640 e. The zero-order valence-corrected chi connectivity index (χ0v) is 32.5. The Labute approximate surface area is 333 Å². The van der Waals surface area contributed by atoms with E-state index in [-0.39, 0.29) is 5.41 Å². The van der Waals surface area contributed by atoms with E-state index < -0.39 is 0 Å². The number of para-hydroxylation sites is 1. The number of thiophene rings is 1. The summed E-state index contributed by atoms with van der Waals surface area (Å²) >= 11 is 1.91. The van der Waals surface area contributed by atoms with E-state index in [4.69, 9.17) is 0 Å². The van der Waals surface area contributed by atoms with Gasteiger partial charge in [0.05, 0.1) is 21.8 Å². The lowest BCUT2D eigenvalue weighted by Gasteiger charge is -2.32. The summed E-state index contributed by atoms with van der Waals surface area (Å²) in [7, 11) is 0. The van der Waals surface area contributed by atoms with Gasteiger partial charge in [0.1, 0.15) is 0 Å². The van der Waals surface area contributed by atoms with Crippen molar-refractivity contribution in [2.45, 2.75) is 50.4 Å². The number of rotatable bonds is 6. The van der Waals surface area contributed by atoms with Crippen LogP contribution in [0, 0.1) is 0 Å². The third-order valence-corrected chi connectivity index (χ3v) is 14.2. The molecule has 0 spiro atoms. The Kier molecular flexibility index (Phi) is 7.96. The van der Waals surface area contributed by atoms with E-state index in [1.165, 1.54) is 125 Å². The highest BCUT2D eigenvalue weighted by atomic mass is 32.1. The highest BCUT2D eigenvalue weighted by molar-refractivity contribution is 7.26. The zero-order chi connectivity index (χ0) is 37.2. The number of hydrogen-bond acceptors (Lipinski definition) is 2. The highest BCUT2D eigenvalue weighted by Crippen LogP contribution is 2.58. The van der Waals surface area contributed by atoms with Crippen LogP contribution in [0.1, 0.15) is 67.2 Å². The van der Waals surface area contributed by atoms with Gasteiger partial charge in [-0.2, -0.15) is 0 Å². The molecule has 1 unspecified atom stereocenters. The zero-order valence-electron chi connectivity index (χ0n) is 31.7. The molecule has 2 heteroatoms. The minimum absolute atomic E-state index is 0.303. The minimum atomic E-state index is -0.303. The van der Waals surface area contributed by atoms with Gasteiger partial charge < -0.3 is 4.90 Å². The van der Waals surface area contributed by atoms with E-state index in [0.29, 0.717) is 5.92 Å². The number of benzene rings is 8. The standard InChI is InChI=1S/C54H43NS/c1-54(38-22-6-3-7-23-38)45-30-11-8-26-44(45)52-46(54)31-17-33-48(52)55(49-34-16-29-43-41-25-10-13-35-50(41)56-53(43)49)47-32-12-9-24-40(47)42-28-15-21-37-20-14-27-39(51(37)42)36-18-4-2-5-19-36/h3,6-17,20-36H,2,4-5,18-19H2,1H3. The molecule has 1 nitrogen and oxygen atoms in total. The van der Waals surface area contributed by atoms with Crippen LogP contribution in [0.4, 0.5) is 17.1 Å². The molecule has 2 aliphatic carbocycles. The molecule has 1 fully saturated rings. The van der Waals surface area contributed by atoms with Gasteiger partial charge in [-0.1, -0.05) is 171 Å². The van der Waals surface area contributed by atoms with Gasteiger partial charge in [-0.15, -0.1) is 11.3 Å². The first-order chi connectivity index (χ1) is 27.7. The molecule has 0 bridgehead atoms. The summed E-state index contributed by atoms with van der Waals surface area (Å²) in [6, 6.07) is 66.2. The number of hydrogen-bond donors (Lipinski definition) is 0. The summed E-state index contributed by atoms with van der Waals surface area (Å²) < 4.78 is 2.62. The molecule has 1 heterocycles. The van der Waals surface area contributed by atoms with Crippen LogP contribution in [-0.4, -0.2) is 0 Å². The lowest BCUT2D eigenvalue weighted by Crippen LogP contribution is -2.22. The highest BCUT2D eigenvalue weighted by Gasteiger charge is 2.42. The second-order valence-corrected chi connectivity index (χ2v) is 17.0. The fraction of sp³-hybridized carbons (Fsp3) is 0.148. The van der Waals surface area contributed by atoms with Crippen LogP contribution in [0.5, 0.6) is 0 Å². The van der Waals surface area contributed by atoms with Crippen LogP contribution in [0.25, 0.3) is 53.2 Å². The molecule has 11 rings (SSSR count). The van der Waals surface area contributed by atoms with Crippen molar-refractivity contribution in [3.8, 4) is 22.3 Å². The summed E-state index contributed by atoms with van der Waals surface area (Å²) in [6.07, 6.45) is 6.52. The molecule has 0 N–H and O–H groups in total. The Hall–Kier alpha value is -5.96. The van der Waals surface area contributed by atoms with E-state index >= 15 is 0 Å². The molecule has 0 amide bonds. The quantitative estimate of drug-likeness (QED) is 0.164. The van der Waals surface area contributed by atoms with Crippen molar-refractivity contribution in [1.29, 1.82) is 0 Å². The van der Waals surface area contributed by atoms with E-state index in [9.17, 15) is 0 Å². The fourth-order valence-electron chi connectivity index (χ4n) is 10.3. The molecule has 0 aliphatic heterocycles. The fourth-order valence-corrected chi connectivity index (χ4v) is 11.5. The van der Waals surface area contributed by atoms with E-state index in [1.807, 2.05) is 11.3 Å². The molecule has 1 aromatic heterocycles. The Bertz CT molecular complexity index is 2930. The molecule has 8 aromatic carbocycles. The predicted molar refractivity (Wildman–Crippen MR) is 240 cm³/mol. The average Bonchev–Trinajstić information content (AvgIpc) is 3.78. The molecule has 270 valence electrons. The van der Waals surface area contributed by atoms with Crippen molar-refractivity contribution in [2.24, 2.45) is 0 Å². The first-order valence-electron chi connectivity index (χ1n) is 20.3. The van der Waals surface area contributed by atoms with E-state index in [1.54, 1.807) is 0 Å². The van der Waals surface area contributed by atoms with Crippen molar-refractivity contribution >= 4 is 59.3 Å². The topological polar surface area (TPSA) is 3.24 Å². The molecule has 0 saturated heterocycles. The number of nitrogens with zero attached hydrogens (tertiary/aromatic N) is 1. The molecule has 0 radical (unpaired) electrons. The lowest BCUT2D eigenvalue weighted by molar-refractivity contribution is 0.445. The van der Waals surface area contributed by atoms with Gasteiger partial charge in [-0.25, -0.2) is 0 Å². The van der Waals surface area contributed by atoms with Crippen LogP contribution >= 0.6 is 11.3 Å². The second-order valence-electron chi connectivity index (χ2n) is 15.9. The van der Waals surface area contributed by atoms with Crippen LogP contribution in [-0.2, 0) is 5.41 Å². The Morgan fingerprint density at radius 2 is 1.12 bits per heavy atom. The van der Waals surface area contributed by atoms with Gasteiger partial charge in [0.2, 0.25) is 0 Å². The third-order valence-electron chi connectivity index (χ3n) is 12.9. The number of anilines is 3. The Balaban J connectivity index is 1.23. The van der Waals surface area contributed by atoms with Gasteiger partial charge in [0.25, 0.3) is 0 Å². The van der Waals surface area contributed by atoms with Crippen molar-refractivity contribution in [2.75, 3.05) is 4.90 Å². The van der Waals surface area contributed by atoms with Gasteiger partial charge >= 0.3 is 0 Å². The van der Waals surface area contributed by atoms with Gasteiger partial charge in [-0.3, -0.25) is 0 Å². The largest absolute Gasteiger partial charge is 0.308 e. The van der Waals surface area contributed by atoms with Gasteiger partial charge in [0, 0.05) is 32.0 Å². The second kappa shape index (κ2) is 13.4. The molecule has 56 heavy (non-hydrogen) atoms. The molecule has 1 atom stereocenters. The van der Waals surface area contributed by atoms with Crippen LogP contribution in [0.15, 0.2) is 176 Å². The van der Waals surface area contributed by atoms with Gasteiger partial charge in [-0.05, 0) is 94.1 Å². The maximum atomic E-state index is 2.61. The SMILES string of the molecule is CC1(c2ccccc2)c2ccccc2-c2c(N(c3ccccc3-c3cccc4cccc(C5CCCCC5)c34)c3cccc4c3sc3ccccc34)cccc21. The maximum absolute atomic E-state index is 2.61. The molecule has 9 aromatic rings. The van der Waals surface area contributed by atoms with Crippen LogP contribution < -0.4 is 4.90 Å². The summed E-state index contributed by atoms with van der Waals surface area (Å²) in [5, 5.41) is 5.35. The molecular formula is C54H43NS. The Morgan fingerprint density at radius 3 is 2.00 bits per heavy atom. The summed E-state index contributed by atoms with van der Waals surface area (Å²) in [6.45, 7) is 2.42. The lowest BCUT2D eigenvalue weighted by atomic mass is 9.74. The van der Waals surface area contributed by atoms with Crippen LogP contribution in [0.2, 0.25) is 0 Å². The van der Waals surface area contributed by atoms with Crippen molar-refractivity contribution < 1.29 is 0 Å². The minimum Gasteiger partial charge on any atom is -0.308 e. The van der Waals surface area contributed by atoms with Gasteiger partial charge in [0.15, 0.2) is 0 Å². The first-order valence-corrected chi connectivity index (χ1v) is 21.1. The number of fused-ring (bicyclic) bond motifs is 7. The first kappa shape index (κ1) is 33.4. The molecule has 2 aliphatic rings. The van der Waals surface area contributed by atoms with Crippen molar-refractivity contribution in [1.82, 2.24) is 0 Å². The average molecular weight is 738 g/mol. The summed E-state index contributed by atoms with van der Waals surface area (Å²) in [5.41, 5.74) is 14.0. The molecular weight excluding hydrogens is 695 g/mol. The third kappa shape index (κ3) is 5.05. The maximum Gasteiger partial charge on any atom is 0.0640 e.